The largest absolute Gasteiger partial charge is 0.493 e. The van der Waals surface area contributed by atoms with Crippen LogP contribution in [-0.4, -0.2) is 34.4 Å². The second-order valence-electron chi connectivity index (χ2n) is 5.26. The number of nitrogens with zero attached hydrogens (tertiary/aromatic N) is 2. The number of imidazole rings is 1. The number of fused-ring (bicyclic) bond motifs is 1. The number of para-hydroxylation sites is 2. The Labute approximate surface area is 163 Å². The Morgan fingerprint density at radius 3 is 3.00 bits per heavy atom. The van der Waals surface area contributed by atoms with Crippen molar-refractivity contribution >= 4 is 50.8 Å². The van der Waals surface area contributed by atoms with E-state index in [1.165, 1.54) is 11.8 Å². The van der Waals surface area contributed by atoms with E-state index in [0.717, 1.165) is 26.8 Å². The average molecular weight is 433 g/mol. The average Bonchev–Trinajstić information content (AvgIpc) is 3.05. The number of carbonyl (C=O) groups is 1. The minimum absolute atomic E-state index is 0.197. The molecular weight excluding hydrogens is 416 g/mol. The SMILES string of the molecule is CCOc1ccc(/C=N\NC(=O)CSc2nc3ccccc3[nH]2)cc1Br. The molecule has 0 aliphatic heterocycles. The van der Waals surface area contributed by atoms with Crippen LogP contribution in [0.3, 0.4) is 0 Å². The fraction of sp³-hybridized carbons (Fsp3) is 0.167. The van der Waals surface area contributed by atoms with Gasteiger partial charge in [-0.05, 0) is 58.7 Å². The molecule has 1 aromatic heterocycles. The zero-order chi connectivity index (χ0) is 18.4. The molecular formula is C18H17BrN4O2S. The molecule has 0 saturated carbocycles. The van der Waals surface area contributed by atoms with Gasteiger partial charge >= 0.3 is 0 Å². The smallest absolute Gasteiger partial charge is 0.250 e. The van der Waals surface area contributed by atoms with Crippen molar-refractivity contribution in [2.24, 2.45) is 5.10 Å². The van der Waals surface area contributed by atoms with Crippen LogP contribution < -0.4 is 10.2 Å². The van der Waals surface area contributed by atoms with Gasteiger partial charge < -0.3 is 9.72 Å². The third-order valence-electron chi connectivity index (χ3n) is 3.37. The molecule has 0 aliphatic carbocycles. The summed E-state index contributed by atoms with van der Waals surface area (Å²) >= 11 is 4.78. The molecule has 3 rings (SSSR count). The number of rotatable bonds is 7. The number of hydrogen-bond donors (Lipinski definition) is 2. The molecule has 0 aliphatic rings. The van der Waals surface area contributed by atoms with Crippen LogP contribution in [0.5, 0.6) is 5.75 Å². The molecule has 3 aromatic rings. The molecule has 6 nitrogen and oxygen atoms in total. The Morgan fingerprint density at radius 2 is 2.23 bits per heavy atom. The summed E-state index contributed by atoms with van der Waals surface area (Å²) in [5.41, 5.74) is 5.21. The zero-order valence-electron chi connectivity index (χ0n) is 14.0. The van der Waals surface area contributed by atoms with Gasteiger partial charge in [0.05, 0.1) is 34.1 Å². The van der Waals surface area contributed by atoms with E-state index in [1.54, 1.807) is 6.21 Å². The second-order valence-corrected chi connectivity index (χ2v) is 7.08. The Balaban J connectivity index is 1.50. The van der Waals surface area contributed by atoms with E-state index in [4.69, 9.17) is 4.74 Å². The van der Waals surface area contributed by atoms with E-state index in [1.807, 2.05) is 49.4 Å². The van der Waals surface area contributed by atoms with Crippen LogP contribution in [-0.2, 0) is 4.79 Å². The lowest BCUT2D eigenvalue weighted by Crippen LogP contribution is -2.19. The van der Waals surface area contributed by atoms with E-state index >= 15 is 0 Å². The number of halogens is 1. The predicted octanol–water partition coefficient (Wildman–Crippen LogP) is 3.97. The van der Waals surface area contributed by atoms with Crippen LogP contribution in [0, 0.1) is 0 Å². The van der Waals surface area contributed by atoms with Gasteiger partial charge in [0, 0.05) is 0 Å². The second kappa shape index (κ2) is 8.86. The summed E-state index contributed by atoms with van der Waals surface area (Å²) < 4.78 is 6.30. The maximum Gasteiger partial charge on any atom is 0.250 e. The monoisotopic (exact) mass is 432 g/mol. The Morgan fingerprint density at radius 1 is 1.38 bits per heavy atom. The van der Waals surface area contributed by atoms with Crippen LogP contribution in [0.25, 0.3) is 11.0 Å². The van der Waals surface area contributed by atoms with Gasteiger partial charge in [-0.3, -0.25) is 4.79 Å². The summed E-state index contributed by atoms with van der Waals surface area (Å²) in [5.74, 6) is 0.803. The van der Waals surface area contributed by atoms with Crippen molar-refractivity contribution in [1.82, 2.24) is 15.4 Å². The molecule has 2 N–H and O–H groups in total. The van der Waals surface area contributed by atoms with E-state index in [0.29, 0.717) is 11.8 Å². The summed E-state index contributed by atoms with van der Waals surface area (Å²) in [5, 5.41) is 4.69. The van der Waals surface area contributed by atoms with Crippen LogP contribution >= 0.6 is 27.7 Å². The molecule has 0 bridgehead atoms. The minimum Gasteiger partial charge on any atom is -0.493 e. The minimum atomic E-state index is -0.197. The van der Waals surface area contributed by atoms with Crippen molar-refractivity contribution in [2.75, 3.05) is 12.4 Å². The van der Waals surface area contributed by atoms with Crippen LogP contribution in [0.4, 0.5) is 0 Å². The number of aromatic amines is 1. The molecule has 0 atom stereocenters. The number of thioether (sulfide) groups is 1. The van der Waals surface area contributed by atoms with Crippen LogP contribution in [0.15, 0.2) is 57.2 Å². The third-order valence-corrected chi connectivity index (χ3v) is 4.86. The predicted molar refractivity (Wildman–Crippen MR) is 108 cm³/mol. The molecule has 8 heteroatoms. The van der Waals surface area contributed by atoms with Crippen molar-refractivity contribution in [3.63, 3.8) is 0 Å². The Hall–Kier alpha value is -2.32. The first-order chi connectivity index (χ1) is 12.7. The van der Waals surface area contributed by atoms with E-state index in [9.17, 15) is 4.79 Å². The summed E-state index contributed by atoms with van der Waals surface area (Å²) in [6.45, 7) is 2.53. The number of amides is 1. The molecule has 0 spiro atoms. The van der Waals surface area contributed by atoms with Gasteiger partial charge in [0.15, 0.2) is 5.16 Å². The number of benzene rings is 2. The fourth-order valence-corrected chi connectivity index (χ4v) is 3.40. The summed E-state index contributed by atoms with van der Waals surface area (Å²) in [7, 11) is 0. The van der Waals surface area contributed by atoms with Crippen molar-refractivity contribution in [1.29, 1.82) is 0 Å². The van der Waals surface area contributed by atoms with E-state index < -0.39 is 0 Å². The van der Waals surface area contributed by atoms with E-state index in [2.05, 4.69) is 36.4 Å². The highest BCUT2D eigenvalue weighted by atomic mass is 79.9. The van der Waals surface area contributed by atoms with Gasteiger partial charge in [0.2, 0.25) is 0 Å². The molecule has 0 saturated heterocycles. The standard InChI is InChI=1S/C18H17BrN4O2S/c1-2-25-16-8-7-12(9-13(16)19)10-20-23-17(24)11-26-18-21-14-5-3-4-6-15(14)22-18/h3-10H,2,11H2,1H3,(H,21,22)(H,23,24)/b20-10-. The first-order valence-electron chi connectivity index (χ1n) is 7.97. The van der Waals surface area contributed by atoms with Crippen molar-refractivity contribution in [3.05, 3.63) is 52.5 Å². The molecule has 1 amide bonds. The highest BCUT2D eigenvalue weighted by Gasteiger charge is 2.06. The maximum atomic E-state index is 11.9. The first kappa shape index (κ1) is 18.5. The maximum absolute atomic E-state index is 11.9. The number of hydrogen-bond acceptors (Lipinski definition) is 5. The molecule has 1 heterocycles. The quantitative estimate of drug-likeness (QED) is 0.336. The third kappa shape index (κ3) is 4.86. The van der Waals surface area contributed by atoms with Crippen molar-refractivity contribution < 1.29 is 9.53 Å². The highest BCUT2D eigenvalue weighted by molar-refractivity contribution is 9.10. The first-order valence-corrected chi connectivity index (χ1v) is 9.75. The molecule has 134 valence electrons. The lowest BCUT2D eigenvalue weighted by atomic mass is 10.2. The highest BCUT2D eigenvalue weighted by Crippen LogP contribution is 2.25. The van der Waals surface area contributed by atoms with Gasteiger partial charge in [-0.2, -0.15) is 5.10 Å². The lowest BCUT2D eigenvalue weighted by molar-refractivity contribution is -0.118. The summed E-state index contributed by atoms with van der Waals surface area (Å²) in [4.78, 5) is 19.5. The normalized spacial score (nSPS) is 11.2. The number of H-pyrrole nitrogens is 1. The Kier molecular flexibility index (Phi) is 6.30. The number of ether oxygens (including phenoxy) is 1. The Bertz CT molecular complexity index is 909. The van der Waals surface area contributed by atoms with Gasteiger partial charge in [0.25, 0.3) is 5.91 Å². The molecule has 0 unspecified atom stereocenters. The van der Waals surface area contributed by atoms with Gasteiger partial charge in [-0.15, -0.1) is 0 Å². The fourth-order valence-electron chi connectivity index (χ4n) is 2.21. The molecule has 0 fully saturated rings. The van der Waals surface area contributed by atoms with E-state index in [-0.39, 0.29) is 11.7 Å². The van der Waals surface area contributed by atoms with Gasteiger partial charge in [-0.1, -0.05) is 23.9 Å². The van der Waals surface area contributed by atoms with Crippen LogP contribution in [0.1, 0.15) is 12.5 Å². The topological polar surface area (TPSA) is 79.4 Å². The van der Waals surface area contributed by atoms with Gasteiger partial charge in [0.1, 0.15) is 5.75 Å². The molecule has 2 aromatic carbocycles. The summed E-state index contributed by atoms with van der Waals surface area (Å²) in [6.07, 6.45) is 1.59. The lowest BCUT2D eigenvalue weighted by Gasteiger charge is -2.05. The number of aromatic nitrogens is 2. The number of carbonyl (C=O) groups excluding carboxylic acids is 1. The van der Waals surface area contributed by atoms with Gasteiger partial charge in [-0.25, -0.2) is 10.4 Å². The van der Waals surface area contributed by atoms with Crippen molar-refractivity contribution in [2.45, 2.75) is 12.1 Å². The number of hydrazone groups is 1. The number of nitrogens with one attached hydrogen (secondary N) is 2. The molecule has 0 radical (unpaired) electrons. The van der Waals surface area contributed by atoms with Crippen molar-refractivity contribution in [3.8, 4) is 5.75 Å². The molecule has 26 heavy (non-hydrogen) atoms. The zero-order valence-corrected chi connectivity index (χ0v) is 16.4. The van der Waals surface area contributed by atoms with Crippen LogP contribution in [0.2, 0.25) is 0 Å². The summed E-state index contributed by atoms with van der Waals surface area (Å²) in [6, 6.07) is 13.3.